The Bertz CT molecular complexity index is 499. The first-order valence-corrected chi connectivity index (χ1v) is 4.46. The normalized spacial score (nSPS) is 10.1. The quantitative estimate of drug-likeness (QED) is 0.816. The van der Waals surface area contributed by atoms with Crippen molar-refractivity contribution < 1.29 is 8.78 Å². The Morgan fingerprint density at radius 3 is 2.56 bits per heavy atom. The largest absolute Gasteiger partial charge is 0.382 e. The highest BCUT2D eigenvalue weighted by atomic mass is 19.1. The summed E-state index contributed by atoms with van der Waals surface area (Å²) < 4.78 is 26.1. The number of hydrogen-bond acceptors (Lipinski definition) is 4. The molecule has 3 N–H and O–H groups in total. The molecule has 16 heavy (non-hydrogen) atoms. The van der Waals surface area contributed by atoms with Crippen molar-refractivity contribution in [1.29, 1.82) is 0 Å². The topological polar surface area (TPSA) is 63.8 Å². The third-order valence-electron chi connectivity index (χ3n) is 1.88. The summed E-state index contributed by atoms with van der Waals surface area (Å²) in [7, 11) is 0. The van der Waals surface area contributed by atoms with Gasteiger partial charge >= 0.3 is 0 Å². The molecule has 2 rings (SSSR count). The molecular weight excluding hydrogens is 214 g/mol. The Morgan fingerprint density at radius 2 is 1.88 bits per heavy atom. The van der Waals surface area contributed by atoms with Crippen molar-refractivity contribution in [2.75, 3.05) is 11.1 Å². The molecule has 0 aliphatic carbocycles. The third-order valence-corrected chi connectivity index (χ3v) is 1.88. The van der Waals surface area contributed by atoms with Crippen LogP contribution in [0.5, 0.6) is 0 Å². The Labute approximate surface area is 90.1 Å². The fraction of sp³-hybridized carbons (Fsp3) is 0. The molecule has 1 aromatic heterocycles. The predicted octanol–water partition coefficient (Wildman–Crippen LogP) is 2.08. The number of nitrogens with zero attached hydrogens (tertiary/aromatic N) is 2. The monoisotopic (exact) mass is 222 g/mol. The minimum absolute atomic E-state index is 0.000860. The van der Waals surface area contributed by atoms with E-state index < -0.39 is 11.6 Å². The van der Waals surface area contributed by atoms with Crippen LogP contribution in [0.1, 0.15) is 0 Å². The third kappa shape index (κ3) is 2.22. The fourth-order valence-corrected chi connectivity index (χ4v) is 1.14. The number of halogens is 2. The lowest BCUT2D eigenvalue weighted by Crippen LogP contribution is -2.00. The van der Waals surface area contributed by atoms with Gasteiger partial charge < -0.3 is 11.1 Å². The first-order valence-electron chi connectivity index (χ1n) is 4.46. The fourth-order valence-electron chi connectivity index (χ4n) is 1.14. The number of nitrogen functional groups attached to an aromatic ring is 1. The van der Waals surface area contributed by atoms with Crippen LogP contribution >= 0.6 is 0 Å². The van der Waals surface area contributed by atoms with Gasteiger partial charge in [0.15, 0.2) is 5.82 Å². The lowest BCUT2D eigenvalue weighted by molar-refractivity contribution is 0.603. The summed E-state index contributed by atoms with van der Waals surface area (Å²) in [5.41, 5.74) is 5.34. The van der Waals surface area contributed by atoms with Gasteiger partial charge in [-0.2, -0.15) is 0 Å². The zero-order valence-electron chi connectivity index (χ0n) is 8.11. The maximum Gasteiger partial charge on any atom is 0.153 e. The highest BCUT2D eigenvalue weighted by Gasteiger charge is 2.04. The summed E-state index contributed by atoms with van der Waals surface area (Å²) >= 11 is 0. The maximum absolute atomic E-state index is 13.2. The molecule has 0 aliphatic heterocycles. The Kier molecular flexibility index (Phi) is 2.63. The lowest BCUT2D eigenvalue weighted by Gasteiger charge is -2.05. The Morgan fingerprint density at radius 1 is 1.06 bits per heavy atom. The van der Waals surface area contributed by atoms with Crippen LogP contribution in [-0.4, -0.2) is 10.2 Å². The van der Waals surface area contributed by atoms with E-state index in [0.29, 0.717) is 5.82 Å². The summed E-state index contributed by atoms with van der Waals surface area (Å²) in [5, 5.41) is 9.84. The number of hydrogen-bond donors (Lipinski definition) is 2. The highest BCUT2D eigenvalue weighted by molar-refractivity contribution is 5.56. The Balaban J connectivity index is 2.26. The maximum atomic E-state index is 13.2. The van der Waals surface area contributed by atoms with Gasteiger partial charge in [0, 0.05) is 6.07 Å². The average Bonchev–Trinajstić information content (AvgIpc) is 2.27. The van der Waals surface area contributed by atoms with Crippen molar-refractivity contribution in [3.05, 3.63) is 42.0 Å². The van der Waals surface area contributed by atoms with Gasteiger partial charge in [-0.25, -0.2) is 8.78 Å². The summed E-state index contributed by atoms with van der Waals surface area (Å²) in [4.78, 5) is 0. The molecule has 0 unspecified atom stereocenters. The van der Waals surface area contributed by atoms with Crippen molar-refractivity contribution in [3.8, 4) is 0 Å². The SMILES string of the molecule is Nc1ccc(Nc2cc(F)ccc2F)nn1. The molecule has 0 fully saturated rings. The van der Waals surface area contributed by atoms with E-state index >= 15 is 0 Å². The zero-order chi connectivity index (χ0) is 11.5. The van der Waals surface area contributed by atoms with Crippen LogP contribution in [0, 0.1) is 11.6 Å². The molecule has 0 saturated heterocycles. The molecular formula is C10H8F2N4. The van der Waals surface area contributed by atoms with Gasteiger partial charge in [0.05, 0.1) is 5.69 Å². The van der Waals surface area contributed by atoms with Gasteiger partial charge in [-0.1, -0.05) is 0 Å². The van der Waals surface area contributed by atoms with Crippen molar-refractivity contribution in [3.63, 3.8) is 0 Å². The second-order valence-corrected chi connectivity index (χ2v) is 3.09. The number of anilines is 3. The molecule has 0 saturated carbocycles. The second-order valence-electron chi connectivity index (χ2n) is 3.09. The molecule has 0 radical (unpaired) electrons. The van der Waals surface area contributed by atoms with Crippen LogP contribution in [0.4, 0.5) is 26.1 Å². The number of rotatable bonds is 2. The standard InChI is InChI=1S/C10H8F2N4/c11-6-1-2-7(12)8(5-6)14-10-4-3-9(13)15-16-10/h1-5H,(H2,13,15)(H,14,16). The molecule has 6 heteroatoms. The molecule has 0 atom stereocenters. The van der Waals surface area contributed by atoms with Crippen molar-refractivity contribution in [2.24, 2.45) is 0 Å². The van der Waals surface area contributed by atoms with Crippen LogP contribution in [0.25, 0.3) is 0 Å². The van der Waals surface area contributed by atoms with E-state index in [0.717, 1.165) is 18.2 Å². The molecule has 0 amide bonds. The van der Waals surface area contributed by atoms with Crippen molar-refractivity contribution in [2.45, 2.75) is 0 Å². The van der Waals surface area contributed by atoms with E-state index in [1.165, 1.54) is 12.1 Å². The van der Waals surface area contributed by atoms with Crippen LogP contribution in [0.3, 0.4) is 0 Å². The smallest absolute Gasteiger partial charge is 0.153 e. The lowest BCUT2D eigenvalue weighted by atomic mass is 10.3. The minimum Gasteiger partial charge on any atom is -0.382 e. The van der Waals surface area contributed by atoms with Gasteiger partial charge in [0.1, 0.15) is 17.5 Å². The van der Waals surface area contributed by atoms with Gasteiger partial charge in [-0.15, -0.1) is 10.2 Å². The molecule has 0 bridgehead atoms. The molecule has 82 valence electrons. The van der Waals surface area contributed by atoms with Gasteiger partial charge in [-0.05, 0) is 24.3 Å². The predicted molar refractivity (Wildman–Crippen MR) is 56.1 cm³/mol. The first kappa shape index (κ1) is 10.3. The van der Waals surface area contributed by atoms with E-state index in [1.54, 1.807) is 0 Å². The van der Waals surface area contributed by atoms with Crippen molar-refractivity contribution >= 4 is 17.3 Å². The minimum atomic E-state index is -0.569. The number of nitrogens with two attached hydrogens (primary N) is 1. The summed E-state index contributed by atoms with van der Waals surface area (Å²) in [5.74, 6) is -0.559. The zero-order valence-corrected chi connectivity index (χ0v) is 8.11. The second kappa shape index (κ2) is 4.09. The van der Waals surface area contributed by atoms with E-state index in [9.17, 15) is 8.78 Å². The van der Waals surface area contributed by atoms with Crippen LogP contribution in [0.15, 0.2) is 30.3 Å². The summed E-state index contributed by atoms with van der Waals surface area (Å²) in [6.07, 6.45) is 0. The van der Waals surface area contributed by atoms with Crippen molar-refractivity contribution in [1.82, 2.24) is 10.2 Å². The molecule has 4 nitrogen and oxygen atoms in total. The number of aromatic nitrogens is 2. The highest BCUT2D eigenvalue weighted by Crippen LogP contribution is 2.19. The van der Waals surface area contributed by atoms with Crippen LogP contribution in [-0.2, 0) is 0 Å². The Hall–Kier alpha value is -2.24. The molecule has 0 aliphatic rings. The summed E-state index contributed by atoms with van der Waals surface area (Å²) in [6.45, 7) is 0. The molecule has 1 aromatic carbocycles. The molecule has 1 heterocycles. The molecule has 2 aromatic rings. The van der Waals surface area contributed by atoms with Gasteiger partial charge in [0.25, 0.3) is 0 Å². The molecule has 0 spiro atoms. The van der Waals surface area contributed by atoms with E-state index in [1.807, 2.05) is 0 Å². The van der Waals surface area contributed by atoms with Gasteiger partial charge in [0.2, 0.25) is 0 Å². The van der Waals surface area contributed by atoms with E-state index in [2.05, 4.69) is 15.5 Å². The van der Waals surface area contributed by atoms with E-state index in [-0.39, 0.29) is 11.5 Å². The van der Waals surface area contributed by atoms with E-state index in [4.69, 9.17) is 5.73 Å². The number of nitrogens with one attached hydrogen (secondary N) is 1. The summed E-state index contributed by atoms with van der Waals surface area (Å²) in [6, 6.07) is 6.13. The van der Waals surface area contributed by atoms with Crippen LogP contribution in [0.2, 0.25) is 0 Å². The van der Waals surface area contributed by atoms with Gasteiger partial charge in [-0.3, -0.25) is 0 Å². The van der Waals surface area contributed by atoms with Crippen LogP contribution < -0.4 is 11.1 Å². The first-order chi connectivity index (χ1) is 7.65. The average molecular weight is 222 g/mol. The number of benzene rings is 1.